The Labute approximate surface area is 115 Å². The van der Waals surface area contributed by atoms with Crippen LogP contribution in [0.1, 0.15) is 12.0 Å². The van der Waals surface area contributed by atoms with Crippen LogP contribution >= 0.6 is 39.1 Å². The summed E-state index contributed by atoms with van der Waals surface area (Å²) in [5.74, 6) is 0.234. The van der Waals surface area contributed by atoms with Crippen LogP contribution in [0.2, 0.25) is 10.0 Å². The lowest BCUT2D eigenvalue weighted by atomic mass is 10.2. The standard InChI is InChI=1S/C10H8BrCl2F3O/c11-5-6-3-7(12)4-8(13)9(6)17-2-1-10(14,15)16/h3-4H,1-2,5H2. The van der Waals surface area contributed by atoms with Crippen molar-refractivity contribution >= 4 is 39.1 Å². The molecule has 0 spiro atoms. The van der Waals surface area contributed by atoms with Crippen LogP contribution in [0.15, 0.2) is 12.1 Å². The summed E-state index contributed by atoms with van der Waals surface area (Å²) in [6.45, 7) is -0.467. The first kappa shape index (κ1) is 14.9. The predicted octanol–water partition coefficient (Wildman–Crippen LogP) is 5.22. The Bertz CT molecular complexity index is 396. The molecule has 1 nitrogen and oxygen atoms in total. The second kappa shape index (κ2) is 6.16. The van der Waals surface area contributed by atoms with Gasteiger partial charge in [0.05, 0.1) is 18.1 Å². The van der Waals surface area contributed by atoms with Crippen molar-refractivity contribution in [3.63, 3.8) is 0 Å². The van der Waals surface area contributed by atoms with E-state index in [2.05, 4.69) is 15.9 Å². The van der Waals surface area contributed by atoms with Gasteiger partial charge in [-0.3, -0.25) is 0 Å². The summed E-state index contributed by atoms with van der Waals surface area (Å²) in [4.78, 5) is 0. The van der Waals surface area contributed by atoms with Gasteiger partial charge in [-0.05, 0) is 12.1 Å². The fourth-order valence-corrected chi connectivity index (χ4v) is 2.15. The van der Waals surface area contributed by atoms with E-state index in [0.29, 0.717) is 15.9 Å². The van der Waals surface area contributed by atoms with Crippen LogP contribution in [0.4, 0.5) is 13.2 Å². The second-order valence-electron chi connectivity index (χ2n) is 3.22. The van der Waals surface area contributed by atoms with E-state index in [4.69, 9.17) is 27.9 Å². The molecule has 0 saturated carbocycles. The summed E-state index contributed by atoms with van der Waals surface area (Å²) in [6, 6.07) is 3.02. The van der Waals surface area contributed by atoms with Gasteiger partial charge in [0.1, 0.15) is 5.75 Å². The van der Waals surface area contributed by atoms with Gasteiger partial charge in [0.25, 0.3) is 0 Å². The van der Waals surface area contributed by atoms with Crippen molar-refractivity contribution in [2.24, 2.45) is 0 Å². The first-order chi connectivity index (χ1) is 7.83. The van der Waals surface area contributed by atoms with E-state index in [9.17, 15) is 13.2 Å². The molecule has 0 amide bonds. The molecule has 0 aliphatic heterocycles. The number of hydrogen-bond donors (Lipinski definition) is 0. The van der Waals surface area contributed by atoms with Gasteiger partial charge in [-0.15, -0.1) is 0 Å². The average molecular weight is 352 g/mol. The lowest BCUT2D eigenvalue weighted by Gasteiger charge is -2.13. The third-order valence-corrected chi connectivity index (χ3v) is 2.96. The van der Waals surface area contributed by atoms with Gasteiger partial charge in [0, 0.05) is 15.9 Å². The van der Waals surface area contributed by atoms with E-state index in [1.807, 2.05) is 0 Å². The number of hydrogen-bond acceptors (Lipinski definition) is 1. The molecule has 1 aromatic rings. The first-order valence-corrected chi connectivity index (χ1v) is 6.44. The Kier molecular flexibility index (Phi) is 5.41. The summed E-state index contributed by atoms with van der Waals surface area (Å²) < 4.78 is 40.9. The highest BCUT2D eigenvalue weighted by Crippen LogP contribution is 2.34. The molecule has 17 heavy (non-hydrogen) atoms. The van der Waals surface area contributed by atoms with Crippen LogP contribution in [0, 0.1) is 0 Å². The number of ether oxygens (including phenoxy) is 1. The first-order valence-electron chi connectivity index (χ1n) is 4.57. The summed E-state index contributed by atoms with van der Waals surface area (Å²) >= 11 is 14.8. The van der Waals surface area contributed by atoms with Crippen molar-refractivity contribution in [3.8, 4) is 5.75 Å². The van der Waals surface area contributed by atoms with Crippen LogP contribution < -0.4 is 4.74 Å². The minimum absolute atomic E-state index is 0.203. The van der Waals surface area contributed by atoms with Gasteiger partial charge in [0.2, 0.25) is 0 Å². The number of alkyl halides is 4. The highest BCUT2D eigenvalue weighted by Gasteiger charge is 2.27. The molecule has 0 aromatic heterocycles. The van der Waals surface area contributed by atoms with Gasteiger partial charge in [-0.2, -0.15) is 13.2 Å². The van der Waals surface area contributed by atoms with E-state index in [0.717, 1.165) is 0 Å². The predicted molar refractivity (Wildman–Crippen MR) is 65.3 cm³/mol. The zero-order valence-electron chi connectivity index (χ0n) is 8.45. The maximum atomic E-state index is 12.0. The average Bonchev–Trinajstić information content (AvgIpc) is 2.18. The fourth-order valence-electron chi connectivity index (χ4n) is 1.14. The molecule has 0 fully saturated rings. The van der Waals surface area contributed by atoms with Crippen LogP contribution in [-0.2, 0) is 5.33 Å². The van der Waals surface area contributed by atoms with E-state index in [1.165, 1.54) is 6.07 Å². The zero-order chi connectivity index (χ0) is 13.1. The minimum Gasteiger partial charge on any atom is -0.491 e. The maximum absolute atomic E-state index is 12.0. The third kappa shape index (κ3) is 4.94. The Hall–Kier alpha value is -0.130. The van der Waals surface area contributed by atoms with Crippen molar-refractivity contribution in [1.29, 1.82) is 0 Å². The lowest BCUT2D eigenvalue weighted by Crippen LogP contribution is -2.13. The van der Waals surface area contributed by atoms with E-state index in [-0.39, 0.29) is 10.8 Å². The van der Waals surface area contributed by atoms with Crippen molar-refractivity contribution in [1.82, 2.24) is 0 Å². The molecule has 0 bridgehead atoms. The molecule has 7 heteroatoms. The van der Waals surface area contributed by atoms with Gasteiger partial charge >= 0.3 is 6.18 Å². The number of rotatable bonds is 4. The van der Waals surface area contributed by atoms with Gasteiger partial charge in [-0.25, -0.2) is 0 Å². The molecule has 1 rings (SSSR count). The molecule has 0 aliphatic rings. The molecule has 0 aliphatic carbocycles. The summed E-state index contributed by atoms with van der Waals surface area (Å²) in [5.41, 5.74) is 0.615. The van der Waals surface area contributed by atoms with Crippen LogP contribution in [-0.4, -0.2) is 12.8 Å². The molecule has 0 radical (unpaired) electrons. The number of benzene rings is 1. The fraction of sp³-hybridized carbons (Fsp3) is 0.400. The van der Waals surface area contributed by atoms with Gasteiger partial charge < -0.3 is 4.74 Å². The normalized spacial score (nSPS) is 11.6. The van der Waals surface area contributed by atoms with E-state index >= 15 is 0 Å². The third-order valence-electron chi connectivity index (χ3n) is 1.86. The SMILES string of the molecule is FC(F)(F)CCOc1c(Cl)cc(Cl)cc1CBr. The molecular formula is C10H8BrCl2F3O. The second-order valence-corrected chi connectivity index (χ2v) is 4.63. The van der Waals surface area contributed by atoms with E-state index in [1.54, 1.807) is 6.07 Å². The molecule has 0 unspecified atom stereocenters. The number of halogens is 6. The van der Waals surface area contributed by atoms with Crippen molar-refractivity contribution in [2.45, 2.75) is 17.9 Å². The Morgan fingerprint density at radius 3 is 2.41 bits per heavy atom. The smallest absolute Gasteiger partial charge is 0.392 e. The van der Waals surface area contributed by atoms with Crippen LogP contribution in [0.5, 0.6) is 5.75 Å². The Morgan fingerprint density at radius 1 is 1.24 bits per heavy atom. The summed E-state index contributed by atoms with van der Waals surface area (Å²) in [5, 5.41) is 1.01. The quantitative estimate of drug-likeness (QED) is 0.676. The maximum Gasteiger partial charge on any atom is 0.392 e. The molecule has 96 valence electrons. The van der Waals surface area contributed by atoms with Crippen molar-refractivity contribution < 1.29 is 17.9 Å². The topological polar surface area (TPSA) is 9.23 Å². The van der Waals surface area contributed by atoms with E-state index < -0.39 is 19.2 Å². The largest absolute Gasteiger partial charge is 0.491 e. The monoisotopic (exact) mass is 350 g/mol. The van der Waals surface area contributed by atoms with Crippen molar-refractivity contribution in [3.05, 3.63) is 27.7 Å². The van der Waals surface area contributed by atoms with Gasteiger partial charge in [-0.1, -0.05) is 39.1 Å². The molecule has 0 atom stereocenters. The Balaban J connectivity index is 2.76. The minimum atomic E-state index is -4.24. The lowest BCUT2D eigenvalue weighted by molar-refractivity contribution is -0.139. The Morgan fingerprint density at radius 2 is 1.88 bits per heavy atom. The highest BCUT2D eigenvalue weighted by molar-refractivity contribution is 9.08. The molecular weight excluding hydrogens is 344 g/mol. The highest BCUT2D eigenvalue weighted by atomic mass is 79.9. The molecule has 0 N–H and O–H groups in total. The summed E-state index contributed by atoms with van der Waals surface area (Å²) in [6.07, 6.45) is -5.26. The molecule has 1 aromatic carbocycles. The summed E-state index contributed by atoms with van der Waals surface area (Å²) in [7, 11) is 0. The van der Waals surface area contributed by atoms with Gasteiger partial charge in [0.15, 0.2) is 0 Å². The van der Waals surface area contributed by atoms with Crippen LogP contribution in [0.25, 0.3) is 0 Å². The van der Waals surface area contributed by atoms with Crippen molar-refractivity contribution in [2.75, 3.05) is 6.61 Å². The zero-order valence-corrected chi connectivity index (χ0v) is 11.5. The molecule has 0 heterocycles. The van der Waals surface area contributed by atoms with Crippen LogP contribution in [0.3, 0.4) is 0 Å². The molecule has 0 saturated heterocycles.